The Balaban J connectivity index is 2.51. The van der Waals surface area contributed by atoms with E-state index in [1.807, 2.05) is 10.9 Å². The highest BCUT2D eigenvalue weighted by molar-refractivity contribution is 6.00. The fourth-order valence-corrected chi connectivity index (χ4v) is 1.54. The molecule has 0 aromatic rings. The number of hydrogen-bond donors (Lipinski definition) is 4. The number of carboxylic acids is 1. The minimum absolute atomic E-state index is 0.00636. The summed E-state index contributed by atoms with van der Waals surface area (Å²) in [6, 6.07) is 0. The van der Waals surface area contributed by atoms with Crippen LogP contribution >= 0.6 is 0 Å². The van der Waals surface area contributed by atoms with Crippen molar-refractivity contribution in [2.45, 2.75) is 26.2 Å². The third-order valence-electron chi connectivity index (χ3n) is 2.36. The third kappa shape index (κ3) is 4.92. The molecule has 0 atom stereocenters. The normalized spacial score (nSPS) is 13.7. The Bertz CT molecular complexity index is 507. The van der Waals surface area contributed by atoms with Crippen molar-refractivity contribution in [2.75, 3.05) is 0 Å². The lowest BCUT2D eigenvalue weighted by Crippen LogP contribution is -2.42. The van der Waals surface area contributed by atoms with Crippen LogP contribution in [0.1, 0.15) is 26.2 Å². The minimum atomic E-state index is -1.14. The van der Waals surface area contributed by atoms with Gasteiger partial charge in [0.1, 0.15) is 6.42 Å². The van der Waals surface area contributed by atoms with Crippen LogP contribution in [0.15, 0.2) is 23.4 Å². The molecule has 0 spiro atoms. The molecule has 0 heterocycles. The summed E-state index contributed by atoms with van der Waals surface area (Å²) >= 11 is 0. The van der Waals surface area contributed by atoms with Crippen molar-refractivity contribution in [1.29, 1.82) is 0 Å². The standard InChI is InChI=1S/C12H15N3O5/c1-7(16)14-15-11(18)6-10(17)13-9-5-3-2-4-8(9)12(19)20/h4-5H,2-3,6H2,1H3,(H,13,17)(H,14,16)(H,15,18)(H,19,20). The smallest absolute Gasteiger partial charge is 0.337 e. The van der Waals surface area contributed by atoms with E-state index in [1.165, 1.54) is 13.0 Å². The molecule has 0 saturated heterocycles. The van der Waals surface area contributed by atoms with Crippen molar-refractivity contribution >= 4 is 23.7 Å². The van der Waals surface area contributed by atoms with Gasteiger partial charge in [0.2, 0.25) is 17.7 Å². The molecule has 0 aromatic carbocycles. The fraction of sp³-hybridized carbons (Fsp3) is 0.333. The van der Waals surface area contributed by atoms with E-state index in [0.717, 1.165) is 0 Å². The molecule has 0 bridgehead atoms. The first-order chi connectivity index (χ1) is 9.40. The number of rotatable bonds is 4. The number of allylic oxidation sites excluding steroid dienone is 2. The van der Waals surface area contributed by atoms with Gasteiger partial charge in [-0.25, -0.2) is 4.79 Å². The lowest BCUT2D eigenvalue weighted by molar-refractivity contribution is -0.132. The average molecular weight is 281 g/mol. The molecule has 0 radical (unpaired) electrons. The largest absolute Gasteiger partial charge is 0.478 e. The number of carbonyl (C=O) groups excluding carboxylic acids is 3. The van der Waals surface area contributed by atoms with Crippen molar-refractivity contribution in [3.63, 3.8) is 0 Å². The molecule has 3 amide bonds. The van der Waals surface area contributed by atoms with Crippen LogP contribution in [-0.4, -0.2) is 28.8 Å². The minimum Gasteiger partial charge on any atom is -0.478 e. The second-order valence-electron chi connectivity index (χ2n) is 4.07. The van der Waals surface area contributed by atoms with Gasteiger partial charge in [0.25, 0.3) is 0 Å². The number of carboxylic acid groups (broad SMARTS) is 1. The average Bonchev–Trinajstić information content (AvgIpc) is 2.36. The SMILES string of the molecule is CC(=O)NNC(=O)CC(=O)NC1=CCCC=C1C(=O)O. The summed E-state index contributed by atoms with van der Waals surface area (Å²) in [4.78, 5) is 44.4. The van der Waals surface area contributed by atoms with Crippen LogP contribution in [0, 0.1) is 0 Å². The van der Waals surface area contributed by atoms with Gasteiger partial charge in [0, 0.05) is 6.92 Å². The van der Waals surface area contributed by atoms with Gasteiger partial charge in [0.05, 0.1) is 11.3 Å². The third-order valence-corrected chi connectivity index (χ3v) is 2.36. The van der Waals surface area contributed by atoms with Gasteiger partial charge >= 0.3 is 5.97 Å². The maximum absolute atomic E-state index is 11.6. The first-order valence-electron chi connectivity index (χ1n) is 5.89. The molecule has 0 aliphatic heterocycles. The molecule has 0 unspecified atom stereocenters. The summed E-state index contributed by atoms with van der Waals surface area (Å²) in [7, 11) is 0. The number of hydrogen-bond acceptors (Lipinski definition) is 4. The molecule has 8 nitrogen and oxygen atoms in total. The summed E-state index contributed by atoms with van der Waals surface area (Å²) in [5.74, 6) is -2.97. The predicted molar refractivity (Wildman–Crippen MR) is 67.8 cm³/mol. The van der Waals surface area contributed by atoms with Crippen LogP contribution in [0.4, 0.5) is 0 Å². The van der Waals surface area contributed by atoms with Crippen molar-refractivity contribution in [3.8, 4) is 0 Å². The van der Waals surface area contributed by atoms with Crippen LogP contribution in [-0.2, 0) is 19.2 Å². The van der Waals surface area contributed by atoms with Crippen LogP contribution in [0.2, 0.25) is 0 Å². The highest BCUT2D eigenvalue weighted by Gasteiger charge is 2.19. The molecule has 4 N–H and O–H groups in total. The zero-order chi connectivity index (χ0) is 15.1. The van der Waals surface area contributed by atoms with Crippen LogP contribution in [0.5, 0.6) is 0 Å². The monoisotopic (exact) mass is 281 g/mol. The Kier molecular flexibility index (Phi) is 5.45. The van der Waals surface area contributed by atoms with E-state index in [0.29, 0.717) is 12.8 Å². The molecule has 0 saturated carbocycles. The zero-order valence-corrected chi connectivity index (χ0v) is 10.9. The molecular weight excluding hydrogens is 266 g/mol. The Morgan fingerprint density at radius 3 is 2.35 bits per heavy atom. The van der Waals surface area contributed by atoms with Crippen molar-refractivity contribution in [3.05, 3.63) is 23.4 Å². The first kappa shape index (κ1) is 15.4. The lowest BCUT2D eigenvalue weighted by Gasteiger charge is -2.14. The van der Waals surface area contributed by atoms with Gasteiger partial charge in [-0.05, 0) is 12.8 Å². The molecule has 0 aromatic heterocycles. The van der Waals surface area contributed by atoms with Crippen LogP contribution < -0.4 is 16.2 Å². The summed E-state index contributed by atoms with van der Waals surface area (Å²) in [5, 5.41) is 11.3. The number of hydrazine groups is 1. The molecule has 20 heavy (non-hydrogen) atoms. The molecule has 0 fully saturated rings. The fourth-order valence-electron chi connectivity index (χ4n) is 1.54. The van der Waals surface area contributed by atoms with E-state index in [1.54, 1.807) is 6.08 Å². The van der Waals surface area contributed by atoms with Gasteiger partial charge in [-0.2, -0.15) is 0 Å². The first-order valence-corrected chi connectivity index (χ1v) is 5.89. The highest BCUT2D eigenvalue weighted by Crippen LogP contribution is 2.16. The zero-order valence-electron chi connectivity index (χ0n) is 10.9. The molecule has 1 aliphatic carbocycles. The van der Waals surface area contributed by atoms with E-state index < -0.39 is 30.1 Å². The van der Waals surface area contributed by atoms with Gasteiger partial charge in [-0.1, -0.05) is 12.2 Å². The van der Waals surface area contributed by atoms with Gasteiger partial charge in [0.15, 0.2) is 0 Å². The maximum Gasteiger partial charge on any atom is 0.337 e. The summed E-state index contributed by atoms with van der Waals surface area (Å²) < 4.78 is 0. The van der Waals surface area contributed by atoms with E-state index in [2.05, 4.69) is 5.32 Å². The van der Waals surface area contributed by atoms with E-state index >= 15 is 0 Å². The molecular formula is C12H15N3O5. The van der Waals surface area contributed by atoms with Crippen molar-refractivity contribution in [2.24, 2.45) is 0 Å². The lowest BCUT2D eigenvalue weighted by atomic mass is 10.0. The van der Waals surface area contributed by atoms with Crippen LogP contribution in [0.25, 0.3) is 0 Å². The van der Waals surface area contributed by atoms with E-state index in [-0.39, 0.29) is 11.3 Å². The molecule has 8 heteroatoms. The van der Waals surface area contributed by atoms with Crippen molar-refractivity contribution < 1.29 is 24.3 Å². The molecule has 1 aliphatic rings. The number of amides is 3. The summed E-state index contributed by atoms with van der Waals surface area (Å²) in [5.41, 5.74) is 4.27. The Morgan fingerprint density at radius 1 is 1.10 bits per heavy atom. The summed E-state index contributed by atoms with van der Waals surface area (Å²) in [6.45, 7) is 1.21. The van der Waals surface area contributed by atoms with Gasteiger partial charge < -0.3 is 10.4 Å². The molecule has 108 valence electrons. The van der Waals surface area contributed by atoms with Crippen LogP contribution in [0.3, 0.4) is 0 Å². The predicted octanol–water partition coefficient (Wildman–Crippen LogP) is -0.651. The van der Waals surface area contributed by atoms with E-state index in [4.69, 9.17) is 5.11 Å². The number of nitrogens with one attached hydrogen (secondary N) is 3. The number of carbonyl (C=O) groups is 4. The topological polar surface area (TPSA) is 125 Å². The van der Waals surface area contributed by atoms with E-state index in [9.17, 15) is 19.2 Å². The number of aliphatic carboxylic acids is 1. The van der Waals surface area contributed by atoms with Crippen molar-refractivity contribution in [1.82, 2.24) is 16.2 Å². The molecule has 1 rings (SSSR count). The Morgan fingerprint density at radius 2 is 1.75 bits per heavy atom. The quantitative estimate of drug-likeness (QED) is 0.402. The maximum atomic E-state index is 11.6. The Hall–Kier alpha value is -2.64. The van der Waals surface area contributed by atoms with Gasteiger partial charge in [-0.15, -0.1) is 0 Å². The van der Waals surface area contributed by atoms with Gasteiger partial charge in [-0.3, -0.25) is 25.2 Å². The second-order valence-corrected chi connectivity index (χ2v) is 4.07. The Labute approximate surface area is 114 Å². The summed E-state index contributed by atoms with van der Waals surface area (Å²) in [6.07, 6.45) is 3.78. The highest BCUT2D eigenvalue weighted by atomic mass is 16.4. The second kappa shape index (κ2) is 7.07.